The Hall–Kier alpha value is -2.43. The number of aromatic nitrogens is 2. The van der Waals surface area contributed by atoms with E-state index in [9.17, 15) is 4.79 Å². The predicted molar refractivity (Wildman–Crippen MR) is 74.2 cm³/mol. The Balaban J connectivity index is 1.94. The summed E-state index contributed by atoms with van der Waals surface area (Å²) in [6.45, 7) is 4.29. The van der Waals surface area contributed by atoms with Crippen LogP contribution in [0.25, 0.3) is 0 Å². The number of benzene rings is 1. The SMILES string of the molecule is CC(C)c1ccc(C=NNC(=O)c2ccn[nH]2)cc1. The maximum Gasteiger partial charge on any atom is 0.289 e. The van der Waals surface area contributed by atoms with Crippen molar-refractivity contribution >= 4 is 12.1 Å². The van der Waals surface area contributed by atoms with Crippen LogP contribution < -0.4 is 5.43 Å². The molecule has 19 heavy (non-hydrogen) atoms. The van der Waals surface area contributed by atoms with Crippen LogP contribution in [0.15, 0.2) is 41.6 Å². The van der Waals surface area contributed by atoms with Gasteiger partial charge in [0, 0.05) is 6.20 Å². The first-order valence-corrected chi connectivity index (χ1v) is 6.09. The van der Waals surface area contributed by atoms with E-state index in [2.05, 4.69) is 46.7 Å². The summed E-state index contributed by atoms with van der Waals surface area (Å²) in [4.78, 5) is 11.5. The number of hydrogen-bond acceptors (Lipinski definition) is 3. The molecule has 1 aromatic carbocycles. The fraction of sp³-hybridized carbons (Fsp3) is 0.214. The fourth-order valence-electron chi connectivity index (χ4n) is 1.57. The number of carbonyl (C=O) groups excluding carboxylic acids is 1. The standard InChI is InChI=1S/C14H16N4O/c1-10(2)12-5-3-11(4-6-12)9-16-18-14(19)13-7-8-15-17-13/h3-10H,1-2H3,(H,15,17)(H,18,19). The molecule has 1 aromatic heterocycles. The Morgan fingerprint density at radius 3 is 2.63 bits per heavy atom. The summed E-state index contributed by atoms with van der Waals surface area (Å²) in [5.41, 5.74) is 5.03. The van der Waals surface area contributed by atoms with Crippen LogP contribution in [0.2, 0.25) is 0 Å². The van der Waals surface area contributed by atoms with Crippen molar-refractivity contribution in [2.24, 2.45) is 5.10 Å². The zero-order valence-electron chi connectivity index (χ0n) is 10.9. The molecule has 0 saturated carbocycles. The zero-order valence-corrected chi connectivity index (χ0v) is 10.9. The van der Waals surface area contributed by atoms with Gasteiger partial charge in [-0.15, -0.1) is 0 Å². The molecule has 2 rings (SSSR count). The van der Waals surface area contributed by atoms with E-state index >= 15 is 0 Å². The van der Waals surface area contributed by atoms with Gasteiger partial charge in [0.05, 0.1) is 6.21 Å². The first kappa shape index (κ1) is 13.0. The fourth-order valence-corrected chi connectivity index (χ4v) is 1.57. The number of hydrazone groups is 1. The molecule has 1 heterocycles. The minimum atomic E-state index is -0.312. The minimum absolute atomic E-state index is 0.312. The average Bonchev–Trinajstić information content (AvgIpc) is 2.93. The third-order valence-electron chi connectivity index (χ3n) is 2.73. The molecule has 0 atom stereocenters. The highest BCUT2D eigenvalue weighted by molar-refractivity contribution is 5.92. The Morgan fingerprint density at radius 2 is 2.05 bits per heavy atom. The number of hydrogen-bond donors (Lipinski definition) is 2. The molecule has 0 aliphatic rings. The average molecular weight is 256 g/mol. The molecule has 0 spiro atoms. The van der Waals surface area contributed by atoms with Crippen LogP contribution in [-0.4, -0.2) is 22.3 Å². The number of amides is 1. The van der Waals surface area contributed by atoms with Gasteiger partial charge in [-0.2, -0.15) is 10.2 Å². The van der Waals surface area contributed by atoms with Crippen LogP contribution in [0.5, 0.6) is 0 Å². The summed E-state index contributed by atoms with van der Waals surface area (Å²) in [5.74, 6) is 0.193. The Bertz CT molecular complexity index is 556. The summed E-state index contributed by atoms with van der Waals surface area (Å²) in [5, 5.41) is 10.2. The van der Waals surface area contributed by atoms with Gasteiger partial charge < -0.3 is 0 Å². The van der Waals surface area contributed by atoms with Gasteiger partial charge in [0.1, 0.15) is 5.69 Å². The minimum Gasteiger partial charge on any atom is -0.273 e. The van der Waals surface area contributed by atoms with Crippen LogP contribution in [0, 0.1) is 0 Å². The van der Waals surface area contributed by atoms with E-state index in [0.717, 1.165) is 5.56 Å². The molecular weight excluding hydrogens is 240 g/mol. The van der Waals surface area contributed by atoms with Crippen molar-refractivity contribution in [2.75, 3.05) is 0 Å². The third-order valence-corrected chi connectivity index (χ3v) is 2.73. The van der Waals surface area contributed by atoms with E-state index in [-0.39, 0.29) is 5.91 Å². The van der Waals surface area contributed by atoms with Gasteiger partial charge in [0.15, 0.2) is 0 Å². The molecule has 0 aliphatic carbocycles. The van der Waals surface area contributed by atoms with Gasteiger partial charge in [-0.25, -0.2) is 5.43 Å². The Labute approximate surface area is 111 Å². The molecule has 5 heteroatoms. The maximum atomic E-state index is 11.5. The van der Waals surface area contributed by atoms with Crippen molar-refractivity contribution < 1.29 is 4.79 Å². The highest BCUT2D eigenvalue weighted by atomic mass is 16.2. The quantitative estimate of drug-likeness (QED) is 0.651. The summed E-state index contributed by atoms with van der Waals surface area (Å²) in [6, 6.07) is 9.65. The molecule has 0 saturated heterocycles. The molecule has 1 amide bonds. The summed E-state index contributed by atoms with van der Waals surface area (Å²) in [6.07, 6.45) is 3.13. The number of nitrogens with zero attached hydrogens (tertiary/aromatic N) is 2. The topological polar surface area (TPSA) is 70.1 Å². The number of rotatable bonds is 4. The molecule has 2 N–H and O–H groups in total. The van der Waals surface area contributed by atoms with Crippen molar-refractivity contribution in [1.29, 1.82) is 0 Å². The van der Waals surface area contributed by atoms with E-state index < -0.39 is 0 Å². The second-order valence-corrected chi connectivity index (χ2v) is 4.49. The molecule has 2 aromatic rings. The van der Waals surface area contributed by atoms with Crippen molar-refractivity contribution in [3.8, 4) is 0 Å². The molecule has 0 aliphatic heterocycles. The zero-order chi connectivity index (χ0) is 13.7. The molecule has 98 valence electrons. The second-order valence-electron chi connectivity index (χ2n) is 4.49. The van der Waals surface area contributed by atoms with E-state index in [4.69, 9.17) is 0 Å². The number of nitrogens with one attached hydrogen (secondary N) is 2. The molecule has 0 unspecified atom stereocenters. The van der Waals surface area contributed by atoms with Crippen LogP contribution in [0.1, 0.15) is 41.4 Å². The smallest absolute Gasteiger partial charge is 0.273 e. The van der Waals surface area contributed by atoms with E-state index in [0.29, 0.717) is 11.6 Å². The Morgan fingerprint density at radius 1 is 1.32 bits per heavy atom. The number of H-pyrrole nitrogens is 1. The predicted octanol–water partition coefficient (Wildman–Crippen LogP) is 2.30. The van der Waals surface area contributed by atoms with Gasteiger partial charge in [-0.1, -0.05) is 38.1 Å². The van der Waals surface area contributed by atoms with Crippen molar-refractivity contribution in [3.63, 3.8) is 0 Å². The van der Waals surface area contributed by atoms with Crippen LogP contribution in [0.3, 0.4) is 0 Å². The van der Waals surface area contributed by atoms with Gasteiger partial charge >= 0.3 is 0 Å². The number of aromatic amines is 1. The van der Waals surface area contributed by atoms with Crippen molar-refractivity contribution in [2.45, 2.75) is 19.8 Å². The largest absolute Gasteiger partial charge is 0.289 e. The van der Waals surface area contributed by atoms with Gasteiger partial charge in [-0.05, 0) is 23.1 Å². The van der Waals surface area contributed by atoms with Crippen LogP contribution in [0.4, 0.5) is 0 Å². The summed E-state index contributed by atoms with van der Waals surface area (Å²) in [7, 11) is 0. The highest BCUT2D eigenvalue weighted by Gasteiger charge is 2.03. The first-order chi connectivity index (χ1) is 9.16. The van der Waals surface area contributed by atoms with Gasteiger partial charge in [-0.3, -0.25) is 9.89 Å². The third kappa shape index (κ3) is 3.51. The van der Waals surface area contributed by atoms with Crippen molar-refractivity contribution in [1.82, 2.24) is 15.6 Å². The number of carbonyl (C=O) groups is 1. The normalized spacial score (nSPS) is 11.1. The summed E-state index contributed by atoms with van der Waals surface area (Å²) < 4.78 is 0. The van der Waals surface area contributed by atoms with E-state index in [1.54, 1.807) is 12.3 Å². The molecule has 0 fully saturated rings. The monoisotopic (exact) mass is 256 g/mol. The van der Waals surface area contributed by atoms with E-state index in [1.165, 1.54) is 11.8 Å². The second kappa shape index (κ2) is 5.95. The molecular formula is C14H16N4O. The molecule has 5 nitrogen and oxygen atoms in total. The van der Waals surface area contributed by atoms with E-state index in [1.807, 2.05) is 12.1 Å². The highest BCUT2D eigenvalue weighted by Crippen LogP contribution is 2.13. The van der Waals surface area contributed by atoms with Gasteiger partial charge in [0.2, 0.25) is 0 Å². The lowest BCUT2D eigenvalue weighted by Crippen LogP contribution is -2.17. The Kier molecular flexibility index (Phi) is 4.07. The lowest BCUT2D eigenvalue weighted by molar-refractivity contribution is 0.0950. The lowest BCUT2D eigenvalue weighted by Gasteiger charge is -2.04. The molecule has 0 bridgehead atoms. The first-order valence-electron chi connectivity index (χ1n) is 6.09. The maximum absolute atomic E-state index is 11.5. The lowest BCUT2D eigenvalue weighted by atomic mass is 10.0. The van der Waals surface area contributed by atoms with Gasteiger partial charge in [0.25, 0.3) is 5.91 Å². The van der Waals surface area contributed by atoms with Crippen LogP contribution >= 0.6 is 0 Å². The van der Waals surface area contributed by atoms with Crippen LogP contribution in [-0.2, 0) is 0 Å². The van der Waals surface area contributed by atoms with Crippen molar-refractivity contribution in [3.05, 3.63) is 53.3 Å². The summed E-state index contributed by atoms with van der Waals surface area (Å²) >= 11 is 0. The molecule has 0 radical (unpaired) electrons.